The van der Waals surface area contributed by atoms with Gasteiger partial charge in [0.15, 0.2) is 6.10 Å². The van der Waals surface area contributed by atoms with E-state index in [2.05, 4.69) is 24.3 Å². The van der Waals surface area contributed by atoms with Crippen molar-refractivity contribution in [1.29, 1.82) is 0 Å². The van der Waals surface area contributed by atoms with Crippen molar-refractivity contribution in [3.05, 3.63) is 179 Å². The third kappa shape index (κ3) is 11.6. The van der Waals surface area contributed by atoms with E-state index in [-0.39, 0.29) is 30.3 Å². The van der Waals surface area contributed by atoms with Crippen LogP contribution in [0.4, 0.5) is 0 Å². The summed E-state index contributed by atoms with van der Waals surface area (Å²) in [5.74, 6) is -1.66. The van der Waals surface area contributed by atoms with Crippen molar-refractivity contribution >= 4 is 30.4 Å². The van der Waals surface area contributed by atoms with Gasteiger partial charge in [-0.05, 0) is 47.4 Å². The lowest BCUT2D eigenvalue weighted by atomic mass is 9.71. The lowest BCUT2D eigenvalue weighted by Crippen LogP contribution is -2.52. The molecule has 1 aliphatic heterocycles. The fraction of sp³-hybridized carbons (Fsp3) is 0.146. The highest BCUT2D eigenvalue weighted by atomic mass is 16.7. The maximum atomic E-state index is 13.6. The highest BCUT2D eigenvalue weighted by Crippen LogP contribution is 2.47. The third-order valence-electron chi connectivity index (χ3n) is 7.85. The van der Waals surface area contributed by atoms with Gasteiger partial charge in [-0.2, -0.15) is 28.8 Å². The highest BCUT2D eigenvalue weighted by molar-refractivity contribution is 5.90. The van der Waals surface area contributed by atoms with Crippen molar-refractivity contribution in [1.82, 2.24) is 0 Å². The number of carbonyl (C=O) groups excluding carboxylic acids is 8. The molecular formula is C41H32O11. The van der Waals surface area contributed by atoms with Crippen LogP contribution in [0.3, 0.4) is 0 Å². The van der Waals surface area contributed by atoms with Crippen molar-refractivity contribution in [2.24, 2.45) is 0 Å². The molecule has 0 bridgehead atoms. The van der Waals surface area contributed by atoms with Gasteiger partial charge in [0.1, 0.15) is 0 Å². The fourth-order valence-electron chi connectivity index (χ4n) is 5.87. The zero-order valence-corrected chi connectivity index (χ0v) is 27.5. The molecule has 0 spiro atoms. The Balaban J connectivity index is 0.000000737. The van der Waals surface area contributed by atoms with Gasteiger partial charge in [0.05, 0.1) is 17.2 Å². The lowest BCUT2D eigenvalue weighted by Gasteiger charge is -2.46. The number of hydrogen-bond acceptors (Lipinski definition) is 11. The maximum absolute atomic E-state index is 13.6. The van der Waals surface area contributed by atoms with Crippen LogP contribution in [0.2, 0.25) is 0 Å². The summed E-state index contributed by atoms with van der Waals surface area (Å²) in [5, 5.41) is 0. The molecule has 0 aromatic heterocycles. The summed E-state index contributed by atoms with van der Waals surface area (Å²) >= 11 is 0. The summed E-state index contributed by atoms with van der Waals surface area (Å²) < 4.78 is 19.1. The summed E-state index contributed by atoms with van der Waals surface area (Å²) in [4.78, 5) is 75.8. The molecule has 262 valence electrons. The van der Waals surface area contributed by atoms with Crippen LogP contribution >= 0.6 is 0 Å². The molecule has 0 N–H and O–H groups in total. The molecule has 52 heavy (non-hydrogen) atoms. The third-order valence-corrected chi connectivity index (χ3v) is 7.85. The molecule has 1 heterocycles. The van der Waals surface area contributed by atoms with Gasteiger partial charge in [0.2, 0.25) is 6.29 Å². The van der Waals surface area contributed by atoms with Crippen molar-refractivity contribution in [3.63, 3.8) is 0 Å². The minimum absolute atomic E-state index is 0.218. The van der Waals surface area contributed by atoms with Crippen molar-refractivity contribution < 1.29 is 52.6 Å². The number of esters is 2. The Labute approximate surface area is 298 Å². The maximum Gasteiger partial charge on any atom is 0.373 e. The summed E-state index contributed by atoms with van der Waals surface area (Å²) in [6.07, 6.45) is -1.16. The van der Waals surface area contributed by atoms with E-state index >= 15 is 0 Å². The first-order chi connectivity index (χ1) is 25.4. The number of hydrogen-bond donors (Lipinski definition) is 0. The molecule has 0 aliphatic carbocycles. The van der Waals surface area contributed by atoms with E-state index in [4.69, 9.17) is 43.0 Å². The van der Waals surface area contributed by atoms with Crippen LogP contribution in [0.5, 0.6) is 0 Å². The van der Waals surface area contributed by atoms with Crippen LogP contribution in [0.1, 0.15) is 49.2 Å². The second-order valence-electron chi connectivity index (χ2n) is 10.9. The predicted octanol–water partition coefficient (Wildman–Crippen LogP) is 5.85. The summed E-state index contributed by atoms with van der Waals surface area (Å²) in [6, 6.07) is 47.9. The van der Waals surface area contributed by atoms with Crippen molar-refractivity contribution in [2.75, 3.05) is 0 Å². The Kier molecular flexibility index (Phi) is 16.7. The molecule has 11 nitrogen and oxygen atoms in total. The van der Waals surface area contributed by atoms with Gasteiger partial charge in [-0.3, -0.25) is 0 Å². The molecule has 5 aromatic rings. The first kappa shape index (κ1) is 39.6. The van der Waals surface area contributed by atoms with Gasteiger partial charge in [-0.15, -0.1) is 0 Å². The van der Waals surface area contributed by atoms with Gasteiger partial charge < -0.3 is 14.2 Å². The van der Waals surface area contributed by atoms with E-state index in [0.29, 0.717) is 17.5 Å². The summed E-state index contributed by atoms with van der Waals surface area (Å²) in [7, 11) is 0. The first-order valence-corrected chi connectivity index (χ1v) is 15.7. The van der Waals surface area contributed by atoms with Crippen LogP contribution in [0.25, 0.3) is 0 Å². The van der Waals surface area contributed by atoms with E-state index in [9.17, 15) is 9.59 Å². The van der Waals surface area contributed by atoms with Gasteiger partial charge >= 0.3 is 30.4 Å². The van der Waals surface area contributed by atoms with Gasteiger partial charge in [-0.25, -0.2) is 9.59 Å². The minimum atomic E-state index is -1.15. The molecule has 0 radical (unpaired) electrons. The van der Waals surface area contributed by atoms with Crippen LogP contribution in [0, 0.1) is 0 Å². The average Bonchev–Trinajstić information content (AvgIpc) is 3.18. The van der Waals surface area contributed by atoms with Crippen LogP contribution in [-0.4, -0.2) is 48.9 Å². The van der Waals surface area contributed by atoms with Crippen LogP contribution in [0.15, 0.2) is 152 Å². The number of carbonyl (C=O) groups is 2. The quantitative estimate of drug-likeness (QED) is 0.178. The van der Waals surface area contributed by atoms with Gasteiger partial charge in [0, 0.05) is 11.8 Å². The van der Waals surface area contributed by atoms with E-state index in [0.717, 1.165) is 16.7 Å². The average molecular weight is 701 g/mol. The van der Waals surface area contributed by atoms with E-state index in [1.165, 1.54) is 0 Å². The molecule has 1 aliphatic rings. The molecule has 11 heteroatoms. The van der Waals surface area contributed by atoms with E-state index < -0.39 is 30.4 Å². The topological polar surface area (TPSA) is 164 Å². The predicted molar refractivity (Wildman–Crippen MR) is 180 cm³/mol. The Morgan fingerprint density at radius 2 is 0.827 bits per heavy atom. The monoisotopic (exact) mass is 700 g/mol. The van der Waals surface area contributed by atoms with E-state index in [1.807, 2.05) is 78.9 Å². The van der Waals surface area contributed by atoms with Gasteiger partial charge in [0.25, 0.3) is 0 Å². The second-order valence-corrected chi connectivity index (χ2v) is 10.9. The molecule has 5 atom stereocenters. The lowest BCUT2D eigenvalue weighted by molar-refractivity contribution is -0.229. The fourth-order valence-corrected chi connectivity index (χ4v) is 5.87. The normalized spacial score (nSPS) is 18.2. The first-order valence-electron chi connectivity index (χ1n) is 15.7. The molecule has 1 saturated heterocycles. The largest absolute Gasteiger partial charge is 0.451 e. The molecule has 1 fully saturated rings. The summed E-state index contributed by atoms with van der Waals surface area (Å²) in [6.45, 7) is 0. The van der Waals surface area contributed by atoms with E-state index in [1.54, 1.807) is 48.5 Å². The summed E-state index contributed by atoms with van der Waals surface area (Å²) in [5.41, 5.74) is 3.90. The zero-order chi connectivity index (χ0) is 37.6. The number of rotatable bonds is 8. The SMILES string of the molecule is O=C(OC1OC(Cc2ccccc2)C(c2ccccc2)C(c2ccccc2)C1OC(=O)c1ccccc1)c1ccccc1.O=C=O.O=C=O.O=C=O. The van der Waals surface area contributed by atoms with Gasteiger partial charge in [-0.1, -0.05) is 127 Å². The van der Waals surface area contributed by atoms with Crippen LogP contribution in [-0.2, 0) is 49.4 Å². The zero-order valence-electron chi connectivity index (χ0n) is 27.5. The number of ether oxygens (including phenoxy) is 3. The van der Waals surface area contributed by atoms with Crippen molar-refractivity contribution in [3.8, 4) is 0 Å². The Bertz CT molecular complexity index is 1870. The molecule has 5 unspecified atom stereocenters. The standard InChI is InChI=1S/C38H32O5.3CO2/c39-36(30-22-12-4-13-23-30)42-35-34(29-20-10-3-11-21-29)33(28-18-8-2-9-19-28)32(26-27-16-6-1-7-17-27)41-38(35)43-37(40)31-24-14-5-15-25-31;3*2-1-3/h1-25,32-35,38H,26H2;;;. The Hall–Kier alpha value is -6.86. The van der Waals surface area contributed by atoms with Crippen molar-refractivity contribution in [2.45, 2.75) is 36.8 Å². The molecule has 0 saturated carbocycles. The molecular weight excluding hydrogens is 668 g/mol. The molecule has 6 rings (SSSR count). The smallest absolute Gasteiger partial charge is 0.373 e. The Morgan fingerprint density at radius 3 is 1.25 bits per heavy atom. The van der Waals surface area contributed by atoms with Crippen LogP contribution < -0.4 is 0 Å². The minimum Gasteiger partial charge on any atom is -0.451 e. The molecule has 0 amide bonds. The number of benzene rings is 5. The Morgan fingerprint density at radius 1 is 0.481 bits per heavy atom. The molecule has 5 aromatic carbocycles. The second kappa shape index (κ2) is 22.0. The highest BCUT2D eigenvalue weighted by Gasteiger charge is 2.50.